The normalized spacial score (nSPS) is 10.1. The van der Waals surface area contributed by atoms with Gasteiger partial charge in [-0.15, -0.1) is 0 Å². The third-order valence-electron chi connectivity index (χ3n) is 3.09. The summed E-state index contributed by atoms with van der Waals surface area (Å²) in [6.07, 6.45) is 0. The van der Waals surface area contributed by atoms with Gasteiger partial charge in [0.2, 0.25) is 0 Å². The summed E-state index contributed by atoms with van der Waals surface area (Å²) in [5.74, 6) is -1.39. The summed E-state index contributed by atoms with van der Waals surface area (Å²) in [7, 11) is 1.64. The van der Waals surface area contributed by atoms with Gasteiger partial charge < -0.3 is 9.64 Å². The van der Waals surface area contributed by atoms with E-state index in [-0.39, 0.29) is 18.1 Å². The van der Waals surface area contributed by atoms with Crippen molar-refractivity contribution in [1.29, 1.82) is 0 Å². The van der Waals surface area contributed by atoms with Crippen molar-refractivity contribution in [3.8, 4) is 0 Å². The van der Waals surface area contributed by atoms with E-state index in [2.05, 4.69) is 0 Å². The monoisotopic (exact) mass is 301 g/mol. The van der Waals surface area contributed by atoms with Crippen LogP contribution in [-0.4, -0.2) is 30.4 Å². The summed E-state index contributed by atoms with van der Waals surface area (Å²) in [6.45, 7) is 0.0906. The zero-order valence-corrected chi connectivity index (χ0v) is 12.2. The summed E-state index contributed by atoms with van der Waals surface area (Å²) < 4.78 is 17.7. The maximum Gasteiger partial charge on any atom is 0.338 e. The molecule has 114 valence electrons. The van der Waals surface area contributed by atoms with Crippen molar-refractivity contribution >= 4 is 11.9 Å². The molecule has 2 aromatic rings. The van der Waals surface area contributed by atoms with Crippen molar-refractivity contribution in [3.63, 3.8) is 0 Å². The molecule has 0 aromatic heterocycles. The molecule has 0 aliphatic carbocycles. The van der Waals surface area contributed by atoms with Gasteiger partial charge in [-0.3, -0.25) is 4.79 Å². The number of nitrogens with zero attached hydrogens (tertiary/aromatic N) is 1. The van der Waals surface area contributed by atoms with E-state index < -0.39 is 11.8 Å². The lowest BCUT2D eigenvalue weighted by molar-refractivity contribution is -0.133. The maximum atomic E-state index is 12.8. The molecule has 1 amide bonds. The fourth-order valence-corrected chi connectivity index (χ4v) is 1.85. The number of halogens is 1. The van der Waals surface area contributed by atoms with Crippen LogP contribution in [0.2, 0.25) is 0 Å². The molecule has 0 radical (unpaired) electrons. The van der Waals surface area contributed by atoms with Gasteiger partial charge >= 0.3 is 5.97 Å². The van der Waals surface area contributed by atoms with Crippen molar-refractivity contribution < 1.29 is 18.7 Å². The molecule has 5 heteroatoms. The Morgan fingerprint density at radius 3 is 2.32 bits per heavy atom. The van der Waals surface area contributed by atoms with Crippen molar-refractivity contribution in [2.45, 2.75) is 6.54 Å². The zero-order chi connectivity index (χ0) is 15.9. The highest BCUT2D eigenvalue weighted by Gasteiger charge is 2.13. The lowest BCUT2D eigenvalue weighted by Gasteiger charge is -2.17. The lowest BCUT2D eigenvalue weighted by atomic mass is 10.2. The molecule has 0 fully saturated rings. The van der Waals surface area contributed by atoms with Gasteiger partial charge in [0, 0.05) is 13.6 Å². The summed E-state index contributed by atoms with van der Waals surface area (Å²) in [5, 5.41) is 0. The molecule has 0 unspecified atom stereocenters. The molecule has 0 spiro atoms. The Balaban J connectivity index is 1.84. The number of rotatable bonds is 5. The predicted octanol–water partition coefficient (Wildman–Crippen LogP) is 2.64. The van der Waals surface area contributed by atoms with Crippen LogP contribution < -0.4 is 0 Å². The molecule has 0 bridgehead atoms. The zero-order valence-electron chi connectivity index (χ0n) is 12.2. The van der Waals surface area contributed by atoms with Crippen LogP contribution in [0.3, 0.4) is 0 Å². The molecule has 0 heterocycles. The highest BCUT2D eigenvalue weighted by Crippen LogP contribution is 2.06. The van der Waals surface area contributed by atoms with Gasteiger partial charge in [-0.05, 0) is 29.8 Å². The maximum absolute atomic E-state index is 12.8. The first-order valence-electron chi connectivity index (χ1n) is 6.77. The number of hydrogen-bond acceptors (Lipinski definition) is 3. The highest BCUT2D eigenvalue weighted by atomic mass is 19.1. The largest absolute Gasteiger partial charge is 0.452 e. The minimum absolute atomic E-state index is 0.208. The summed E-state index contributed by atoms with van der Waals surface area (Å²) >= 11 is 0. The SMILES string of the molecule is CN(Cc1ccccc1)C(=O)COC(=O)c1ccc(F)cc1. The Morgan fingerprint density at radius 1 is 1.05 bits per heavy atom. The first-order chi connectivity index (χ1) is 10.6. The van der Waals surface area contributed by atoms with E-state index in [1.165, 1.54) is 29.2 Å². The van der Waals surface area contributed by atoms with E-state index in [9.17, 15) is 14.0 Å². The van der Waals surface area contributed by atoms with Gasteiger partial charge in [0.1, 0.15) is 5.82 Å². The molecule has 0 saturated carbocycles. The van der Waals surface area contributed by atoms with Crippen LogP contribution in [0.25, 0.3) is 0 Å². The number of ether oxygens (including phenoxy) is 1. The van der Waals surface area contributed by atoms with Gasteiger partial charge in [0.15, 0.2) is 6.61 Å². The average Bonchev–Trinajstić information content (AvgIpc) is 2.53. The second-order valence-electron chi connectivity index (χ2n) is 4.82. The number of esters is 1. The molecule has 22 heavy (non-hydrogen) atoms. The minimum atomic E-state index is -0.651. The number of amides is 1. The van der Waals surface area contributed by atoms with E-state index in [0.29, 0.717) is 6.54 Å². The number of hydrogen-bond donors (Lipinski definition) is 0. The summed E-state index contributed by atoms with van der Waals surface area (Å²) in [6, 6.07) is 14.5. The van der Waals surface area contributed by atoms with E-state index >= 15 is 0 Å². The number of benzene rings is 2. The molecule has 2 rings (SSSR count). The minimum Gasteiger partial charge on any atom is -0.452 e. The Morgan fingerprint density at radius 2 is 1.68 bits per heavy atom. The van der Waals surface area contributed by atoms with Crippen LogP contribution in [0.4, 0.5) is 4.39 Å². The predicted molar refractivity (Wildman–Crippen MR) is 79.6 cm³/mol. The lowest BCUT2D eigenvalue weighted by Crippen LogP contribution is -2.30. The van der Waals surface area contributed by atoms with Crippen LogP contribution in [0.15, 0.2) is 54.6 Å². The summed E-state index contributed by atoms with van der Waals surface area (Å²) in [5.41, 5.74) is 1.20. The molecule has 0 N–H and O–H groups in total. The molecule has 0 saturated heterocycles. The van der Waals surface area contributed by atoms with Crippen molar-refractivity contribution in [2.24, 2.45) is 0 Å². The second kappa shape index (κ2) is 7.36. The Hall–Kier alpha value is -2.69. The molecule has 2 aromatic carbocycles. The molecular formula is C17H16FNO3. The Bertz CT molecular complexity index is 641. The Labute approximate surface area is 128 Å². The fraction of sp³-hybridized carbons (Fsp3) is 0.176. The van der Waals surface area contributed by atoms with Crippen LogP contribution in [0.5, 0.6) is 0 Å². The van der Waals surface area contributed by atoms with Gasteiger partial charge in [0.25, 0.3) is 5.91 Å². The first kappa shape index (κ1) is 15.7. The van der Waals surface area contributed by atoms with Crippen LogP contribution in [-0.2, 0) is 16.1 Å². The third kappa shape index (κ3) is 4.41. The van der Waals surface area contributed by atoms with Crippen LogP contribution in [0, 0.1) is 5.82 Å². The molecule has 0 aliphatic rings. The van der Waals surface area contributed by atoms with Crippen LogP contribution in [0.1, 0.15) is 15.9 Å². The number of carbonyl (C=O) groups is 2. The smallest absolute Gasteiger partial charge is 0.338 e. The standard InChI is InChI=1S/C17H16FNO3/c1-19(11-13-5-3-2-4-6-13)16(20)12-22-17(21)14-7-9-15(18)10-8-14/h2-10H,11-12H2,1H3. The van der Waals surface area contributed by atoms with Crippen molar-refractivity contribution in [2.75, 3.05) is 13.7 Å². The quantitative estimate of drug-likeness (QED) is 0.798. The molecular weight excluding hydrogens is 285 g/mol. The molecule has 0 aliphatic heterocycles. The highest BCUT2D eigenvalue weighted by molar-refractivity contribution is 5.91. The average molecular weight is 301 g/mol. The van der Waals surface area contributed by atoms with Crippen LogP contribution >= 0.6 is 0 Å². The van der Waals surface area contributed by atoms with E-state index in [0.717, 1.165) is 5.56 Å². The van der Waals surface area contributed by atoms with Crippen molar-refractivity contribution in [3.05, 3.63) is 71.5 Å². The van der Waals surface area contributed by atoms with E-state index in [1.54, 1.807) is 7.05 Å². The van der Waals surface area contributed by atoms with E-state index in [1.807, 2.05) is 30.3 Å². The second-order valence-corrected chi connectivity index (χ2v) is 4.82. The van der Waals surface area contributed by atoms with E-state index in [4.69, 9.17) is 4.74 Å². The topological polar surface area (TPSA) is 46.6 Å². The Kier molecular flexibility index (Phi) is 5.25. The first-order valence-corrected chi connectivity index (χ1v) is 6.77. The fourth-order valence-electron chi connectivity index (χ4n) is 1.85. The van der Waals surface area contributed by atoms with Gasteiger partial charge in [-0.1, -0.05) is 30.3 Å². The molecule has 0 atom stereocenters. The third-order valence-corrected chi connectivity index (χ3v) is 3.09. The number of carbonyl (C=O) groups excluding carboxylic acids is 2. The van der Waals surface area contributed by atoms with Crippen molar-refractivity contribution in [1.82, 2.24) is 4.90 Å². The number of likely N-dealkylation sites (N-methyl/N-ethyl adjacent to an activating group) is 1. The van der Waals surface area contributed by atoms with Gasteiger partial charge in [0.05, 0.1) is 5.56 Å². The van der Waals surface area contributed by atoms with Gasteiger partial charge in [-0.25, -0.2) is 9.18 Å². The van der Waals surface area contributed by atoms with Gasteiger partial charge in [-0.2, -0.15) is 0 Å². The summed E-state index contributed by atoms with van der Waals surface area (Å²) in [4.78, 5) is 25.1. The molecule has 4 nitrogen and oxygen atoms in total.